The molecule has 1 aliphatic carbocycles. The number of rotatable bonds is 5. The number of benzene rings is 1. The summed E-state index contributed by atoms with van der Waals surface area (Å²) < 4.78 is 24.9. The van der Waals surface area contributed by atoms with Crippen LogP contribution in [0, 0.1) is 12.8 Å². The van der Waals surface area contributed by atoms with Gasteiger partial charge in [0, 0.05) is 5.92 Å². The topological polar surface area (TPSA) is 75.3 Å². The first kappa shape index (κ1) is 17.8. The third kappa shape index (κ3) is 5.21. The number of amides is 1. The Morgan fingerprint density at radius 1 is 1.33 bits per heavy atom. The maximum atomic E-state index is 11.7. The van der Waals surface area contributed by atoms with Gasteiger partial charge in [0.2, 0.25) is 15.9 Å². The van der Waals surface area contributed by atoms with E-state index in [0.717, 1.165) is 30.2 Å². The fourth-order valence-corrected chi connectivity index (χ4v) is 2.66. The van der Waals surface area contributed by atoms with Crippen molar-refractivity contribution in [3.05, 3.63) is 29.3 Å². The molecule has 0 spiro atoms. The monoisotopic (exact) mass is 332 g/mol. The van der Waals surface area contributed by atoms with Crippen molar-refractivity contribution in [2.45, 2.75) is 32.7 Å². The minimum atomic E-state index is -3.27. The van der Waals surface area contributed by atoms with E-state index in [-0.39, 0.29) is 30.3 Å². The summed E-state index contributed by atoms with van der Waals surface area (Å²) in [5.74, 6) is 0.290. The molecule has 21 heavy (non-hydrogen) atoms. The zero-order valence-corrected chi connectivity index (χ0v) is 14.0. The molecule has 0 radical (unpaired) electrons. The molecule has 0 heterocycles. The van der Waals surface area contributed by atoms with Crippen LogP contribution >= 0.6 is 12.4 Å². The van der Waals surface area contributed by atoms with Crippen molar-refractivity contribution >= 4 is 34.0 Å². The number of anilines is 1. The predicted molar refractivity (Wildman–Crippen MR) is 86.2 cm³/mol. The van der Waals surface area contributed by atoms with Gasteiger partial charge in [-0.25, -0.2) is 8.42 Å². The van der Waals surface area contributed by atoms with Gasteiger partial charge < -0.3 is 5.32 Å². The molecule has 1 aliphatic rings. The molecule has 0 aromatic heterocycles. The molecule has 1 amide bonds. The Morgan fingerprint density at radius 2 is 1.95 bits per heavy atom. The number of hydrogen-bond acceptors (Lipinski definition) is 3. The molecule has 0 bridgehead atoms. The molecule has 1 fully saturated rings. The Bertz CT molecular complexity index is 627. The van der Waals surface area contributed by atoms with Gasteiger partial charge in [-0.2, -0.15) is 0 Å². The zero-order chi connectivity index (χ0) is 14.9. The van der Waals surface area contributed by atoms with Crippen molar-refractivity contribution in [1.29, 1.82) is 0 Å². The van der Waals surface area contributed by atoms with Gasteiger partial charge in [-0.15, -0.1) is 12.4 Å². The van der Waals surface area contributed by atoms with Crippen molar-refractivity contribution in [3.8, 4) is 0 Å². The van der Waals surface area contributed by atoms with Crippen LogP contribution in [0.2, 0.25) is 0 Å². The Hall–Kier alpha value is -1.27. The average molecular weight is 333 g/mol. The van der Waals surface area contributed by atoms with Crippen LogP contribution in [0.5, 0.6) is 0 Å². The van der Waals surface area contributed by atoms with Crippen LogP contribution in [0.4, 0.5) is 5.69 Å². The lowest BCUT2D eigenvalue weighted by atomic mass is 10.0. The summed E-state index contributed by atoms with van der Waals surface area (Å²) in [5.41, 5.74) is 2.37. The van der Waals surface area contributed by atoms with Gasteiger partial charge in [-0.05, 0) is 43.9 Å². The van der Waals surface area contributed by atoms with Crippen LogP contribution < -0.4 is 10.0 Å². The van der Waals surface area contributed by atoms with Gasteiger partial charge in [-0.1, -0.05) is 12.1 Å². The van der Waals surface area contributed by atoms with Crippen LogP contribution in [-0.4, -0.2) is 20.6 Å². The van der Waals surface area contributed by atoms with Crippen molar-refractivity contribution in [1.82, 2.24) is 5.32 Å². The molecule has 1 aromatic rings. The summed E-state index contributed by atoms with van der Waals surface area (Å²) in [4.78, 5) is 11.7. The first-order valence-electron chi connectivity index (χ1n) is 6.65. The average Bonchev–Trinajstić information content (AvgIpc) is 3.13. The second-order valence-electron chi connectivity index (χ2n) is 5.45. The molecule has 2 rings (SSSR count). The minimum absolute atomic E-state index is 0. The van der Waals surface area contributed by atoms with Gasteiger partial charge in [0.1, 0.15) is 0 Å². The molecule has 0 aliphatic heterocycles. The number of carbonyl (C=O) groups excluding carboxylic acids is 1. The second-order valence-corrected chi connectivity index (χ2v) is 7.20. The normalized spacial score (nSPS) is 15.8. The van der Waals surface area contributed by atoms with Crippen LogP contribution in [0.3, 0.4) is 0 Å². The van der Waals surface area contributed by atoms with Crippen LogP contribution in [0.15, 0.2) is 18.2 Å². The Labute approximate surface area is 132 Å². The lowest BCUT2D eigenvalue weighted by Crippen LogP contribution is -2.27. The summed E-state index contributed by atoms with van der Waals surface area (Å²) in [6, 6.07) is 5.38. The molecule has 118 valence electrons. The summed E-state index contributed by atoms with van der Waals surface area (Å²) in [6.45, 7) is 3.77. The standard InChI is InChI=1S/C14H20N2O3S.ClH/c1-9-8-12(6-7-13(9)16-20(3,18)19)10(2)15-14(17)11-4-5-11;/h6-8,10-11,16H,4-5H2,1-3H3,(H,15,17);1H/t10-;/m1./s1. The molecule has 0 unspecified atom stereocenters. The third-order valence-electron chi connectivity index (χ3n) is 3.35. The van der Waals surface area contributed by atoms with E-state index < -0.39 is 10.0 Å². The van der Waals surface area contributed by atoms with E-state index in [2.05, 4.69) is 10.0 Å². The van der Waals surface area contributed by atoms with Crippen molar-refractivity contribution < 1.29 is 13.2 Å². The van der Waals surface area contributed by atoms with E-state index >= 15 is 0 Å². The highest BCUT2D eigenvalue weighted by atomic mass is 35.5. The highest BCUT2D eigenvalue weighted by Gasteiger charge is 2.30. The van der Waals surface area contributed by atoms with Crippen LogP contribution in [-0.2, 0) is 14.8 Å². The number of halogens is 1. The number of aryl methyl sites for hydroxylation is 1. The Morgan fingerprint density at radius 3 is 2.43 bits per heavy atom. The minimum Gasteiger partial charge on any atom is -0.349 e. The Balaban J connectivity index is 0.00000220. The molecule has 7 heteroatoms. The molecule has 5 nitrogen and oxygen atoms in total. The molecular formula is C14H21ClN2O3S. The van der Waals surface area contributed by atoms with E-state index in [1.165, 1.54) is 0 Å². The lowest BCUT2D eigenvalue weighted by molar-refractivity contribution is -0.122. The van der Waals surface area contributed by atoms with Crippen molar-refractivity contribution in [2.75, 3.05) is 11.0 Å². The van der Waals surface area contributed by atoms with Gasteiger partial charge >= 0.3 is 0 Å². The largest absolute Gasteiger partial charge is 0.349 e. The summed E-state index contributed by atoms with van der Waals surface area (Å²) in [7, 11) is -3.27. The van der Waals surface area contributed by atoms with E-state index in [4.69, 9.17) is 0 Å². The molecule has 1 aromatic carbocycles. The molecule has 2 N–H and O–H groups in total. The number of nitrogens with one attached hydrogen (secondary N) is 2. The molecule has 0 saturated heterocycles. The number of sulfonamides is 1. The second kappa shape index (κ2) is 6.66. The first-order valence-corrected chi connectivity index (χ1v) is 8.54. The maximum absolute atomic E-state index is 11.7. The predicted octanol–water partition coefficient (Wildman–Crippen LogP) is 2.38. The van der Waals surface area contributed by atoms with Crippen LogP contribution in [0.25, 0.3) is 0 Å². The Kier molecular flexibility index (Phi) is 5.64. The van der Waals surface area contributed by atoms with E-state index in [1.54, 1.807) is 6.07 Å². The summed E-state index contributed by atoms with van der Waals surface area (Å²) in [5, 5.41) is 2.98. The van der Waals surface area contributed by atoms with E-state index in [0.29, 0.717) is 5.69 Å². The van der Waals surface area contributed by atoms with Crippen molar-refractivity contribution in [2.24, 2.45) is 5.92 Å². The van der Waals surface area contributed by atoms with Gasteiger partial charge in [0.15, 0.2) is 0 Å². The summed E-state index contributed by atoms with van der Waals surface area (Å²) in [6.07, 6.45) is 3.09. The first-order chi connectivity index (χ1) is 9.26. The highest BCUT2D eigenvalue weighted by molar-refractivity contribution is 7.92. The lowest BCUT2D eigenvalue weighted by Gasteiger charge is -2.16. The van der Waals surface area contributed by atoms with Crippen molar-refractivity contribution in [3.63, 3.8) is 0 Å². The fraction of sp³-hybridized carbons (Fsp3) is 0.500. The van der Waals surface area contributed by atoms with E-state index in [1.807, 2.05) is 26.0 Å². The van der Waals surface area contributed by atoms with Gasteiger partial charge in [-0.3, -0.25) is 9.52 Å². The third-order valence-corrected chi connectivity index (χ3v) is 3.94. The number of carbonyl (C=O) groups is 1. The van der Waals surface area contributed by atoms with Gasteiger partial charge in [0.05, 0.1) is 18.0 Å². The quantitative estimate of drug-likeness (QED) is 0.869. The smallest absolute Gasteiger partial charge is 0.229 e. The maximum Gasteiger partial charge on any atom is 0.229 e. The van der Waals surface area contributed by atoms with Gasteiger partial charge in [0.25, 0.3) is 0 Å². The van der Waals surface area contributed by atoms with E-state index in [9.17, 15) is 13.2 Å². The summed E-state index contributed by atoms with van der Waals surface area (Å²) >= 11 is 0. The molecular weight excluding hydrogens is 312 g/mol. The SMILES string of the molecule is Cc1cc([C@@H](C)NC(=O)C2CC2)ccc1NS(C)(=O)=O.Cl. The molecule has 1 saturated carbocycles. The zero-order valence-electron chi connectivity index (χ0n) is 12.3. The highest BCUT2D eigenvalue weighted by Crippen LogP contribution is 2.30. The number of hydrogen-bond donors (Lipinski definition) is 2. The molecule has 1 atom stereocenters. The van der Waals surface area contributed by atoms with Crippen LogP contribution in [0.1, 0.15) is 36.9 Å². The fourth-order valence-electron chi connectivity index (χ4n) is 2.03.